The average Bonchev–Trinajstić information content (AvgIpc) is 2.27. The lowest BCUT2D eigenvalue weighted by Gasteiger charge is -2.39. The number of aliphatic imine (C=N–C) groups is 1. The monoisotopic (exact) mass is 243 g/mol. The number of nitrogens with one attached hydrogen (secondary N) is 3. The van der Waals surface area contributed by atoms with Crippen molar-refractivity contribution in [3.63, 3.8) is 0 Å². The highest BCUT2D eigenvalue weighted by Gasteiger charge is 2.40. The summed E-state index contributed by atoms with van der Waals surface area (Å²) in [6.07, 6.45) is -2.24. The summed E-state index contributed by atoms with van der Waals surface area (Å²) in [4.78, 5) is 15.7. The van der Waals surface area contributed by atoms with Crippen molar-refractivity contribution in [1.29, 1.82) is 0 Å². The lowest BCUT2D eigenvalue weighted by molar-refractivity contribution is -0.124. The molecule has 96 valence electrons. The number of hydrogen-bond donors (Lipinski definition) is 6. The van der Waals surface area contributed by atoms with Gasteiger partial charge < -0.3 is 15.9 Å². The molecule has 0 spiro atoms. The lowest BCUT2D eigenvalue weighted by Crippen LogP contribution is -2.71. The van der Waals surface area contributed by atoms with Crippen molar-refractivity contribution in [2.24, 2.45) is 10.7 Å². The summed E-state index contributed by atoms with van der Waals surface area (Å²) < 4.78 is 0. The van der Waals surface area contributed by atoms with Crippen LogP contribution in [0.3, 0.4) is 0 Å². The molecule has 1 fully saturated rings. The van der Waals surface area contributed by atoms with Gasteiger partial charge in [0.05, 0.1) is 12.2 Å². The zero-order valence-electron chi connectivity index (χ0n) is 9.42. The fourth-order valence-electron chi connectivity index (χ4n) is 2.03. The Morgan fingerprint density at radius 3 is 2.88 bits per heavy atom. The number of aliphatic hydroxyl groups excluding tert-OH is 2. The van der Waals surface area contributed by atoms with E-state index in [2.05, 4.69) is 20.9 Å². The second kappa shape index (κ2) is 4.57. The van der Waals surface area contributed by atoms with Crippen LogP contribution in [-0.2, 0) is 4.79 Å². The predicted molar refractivity (Wildman–Crippen MR) is 60.0 cm³/mol. The van der Waals surface area contributed by atoms with E-state index in [9.17, 15) is 15.0 Å². The normalized spacial score (nSPS) is 36.5. The van der Waals surface area contributed by atoms with Gasteiger partial charge in [0.1, 0.15) is 12.2 Å². The van der Waals surface area contributed by atoms with Gasteiger partial charge >= 0.3 is 0 Å². The topological polar surface area (TPSA) is 132 Å². The van der Waals surface area contributed by atoms with Crippen LogP contribution >= 0.6 is 0 Å². The third-order valence-corrected chi connectivity index (χ3v) is 2.97. The molecular formula is C9H17N5O3. The Kier molecular flexibility index (Phi) is 3.29. The Balaban J connectivity index is 2.07. The molecule has 8 heteroatoms. The van der Waals surface area contributed by atoms with E-state index in [1.54, 1.807) is 0 Å². The Bertz CT molecular complexity index is 346. The van der Waals surface area contributed by atoms with E-state index in [0.29, 0.717) is 6.54 Å². The van der Waals surface area contributed by atoms with Crippen molar-refractivity contribution in [2.45, 2.75) is 37.4 Å². The number of carbonyl (C=O) groups is 1. The third-order valence-electron chi connectivity index (χ3n) is 2.97. The van der Waals surface area contributed by atoms with Crippen molar-refractivity contribution < 1.29 is 15.0 Å². The number of carbonyl (C=O) groups excluding carboxylic acids is 1. The minimum atomic E-state index is -0.945. The number of piperazine rings is 1. The molecule has 0 aromatic heterocycles. The zero-order chi connectivity index (χ0) is 12.6. The van der Waals surface area contributed by atoms with Gasteiger partial charge in [0.2, 0.25) is 5.91 Å². The summed E-state index contributed by atoms with van der Waals surface area (Å²) in [6, 6.07) is -0.994. The van der Waals surface area contributed by atoms with Crippen molar-refractivity contribution in [3.8, 4) is 0 Å². The highest BCUT2D eigenvalue weighted by atomic mass is 16.3. The predicted octanol–water partition coefficient (Wildman–Crippen LogP) is -3.57. The van der Waals surface area contributed by atoms with E-state index in [4.69, 9.17) is 5.73 Å². The van der Waals surface area contributed by atoms with E-state index >= 15 is 0 Å². The molecule has 0 aliphatic carbocycles. The summed E-state index contributed by atoms with van der Waals surface area (Å²) >= 11 is 0. The standard InChI is InChI=1S/C9H17N5O3/c1-3(15)6(16)4-2-11-7-5(12-4)8(17)14-9(10)13-7/h3-7,11-12,15-16H,2H2,1H3,(H3,10,13,14,17)/t3-,4+,5?,6-,7?/m0/s1. The first-order valence-electron chi connectivity index (χ1n) is 5.48. The molecule has 8 nitrogen and oxygen atoms in total. The van der Waals surface area contributed by atoms with E-state index in [-0.39, 0.29) is 11.9 Å². The number of hydrogen-bond acceptors (Lipinski definition) is 7. The molecule has 2 aliphatic heterocycles. The number of fused-ring (bicyclic) bond motifs is 1. The Hall–Kier alpha value is -1.22. The largest absolute Gasteiger partial charge is 0.391 e. The maximum Gasteiger partial charge on any atom is 0.247 e. The number of nitrogens with zero attached hydrogens (tertiary/aromatic N) is 1. The van der Waals surface area contributed by atoms with E-state index < -0.39 is 30.5 Å². The van der Waals surface area contributed by atoms with E-state index in [0.717, 1.165) is 0 Å². The van der Waals surface area contributed by atoms with Crippen LogP contribution in [0.2, 0.25) is 0 Å². The van der Waals surface area contributed by atoms with Crippen LogP contribution in [0.4, 0.5) is 0 Å². The first-order valence-corrected chi connectivity index (χ1v) is 5.48. The Morgan fingerprint density at radius 1 is 1.53 bits per heavy atom. The van der Waals surface area contributed by atoms with Gasteiger partial charge in [-0.05, 0) is 6.92 Å². The van der Waals surface area contributed by atoms with Gasteiger partial charge in [0.15, 0.2) is 5.96 Å². The van der Waals surface area contributed by atoms with Crippen molar-refractivity contribution in [3.05, 3.63) is 0 Å². The summed E-state index contributed by atoms with van der Waals surface area (Å²) in [5, 5.41) is 27.4. The Labute approximate surface area is 98.3 Å². The smallest absolute Gasteiger partial charge is 0.247 e. The Morgan fingerprint density at radius 2 is 2.24 bits per heavy atom. The molecule has 0 bridgehead atoms. The van der Waals surface area contributed by atoms with Crippen molar-refractivity contribution in [1.82, 2.24) is 16.0 Å². The van der Waals surface area contributed by atoms with E-state index in [1.165, 1.54) is 6.92 Å². The molecule has 7 N–H and O–H groups in total. The van der Waals surface area contributed by atoms with E-state index in [1.807, 2.05) is 0 Å². The molecule has 0 radical (unpaired) electrons. The number of rotatable bonds is 2. The molecule has 0 saturated carbocycles. The summed E-state index contributed by atoms with van der Waals surface area (Å²) in [6.45, 7) is 1.90. The molecule has 2 aliphatic rings. The van der Waals surface area contributed by atoms with Crippen molar-refractivity contribution >= 4 is 11.9 Å². The number of aliphatic hydroxyl groups is 2. The molecule has 0 aromatic rings. The van der Waals surface area contributed by atoms with Gasteiger partial charge in [-0.3, -0.25) is 20.7 Å². The minimum Gasteiger partial charge on any atom is -0.391 e. The van der Waals surface area contributed by atoms with Crippen LogP contribution in [-0.4, -0.2) is 59.1 Å². The number of amides is 1. The fraction of sp³-hybridized carbons (Fsp3) is 0.778. The molecule has 2 rings (SSSR count). The maximum absolute atomic E-state index is 11.7. The first-order chi connectivity index (χ1) is 7.99. The highest BCUT2D eigenvalue weighted by molar-refractivity contribution is 6.01. The average molecular weight is 243 g/mol. The molecule has 1 amide bonds. The molecule has 5 atom stereocenters. The van der Waals surface area contributed by atoms with Gasteiger partial charge in [-0.25, -0.2) is 4.99 Å². The fourth-order valence-corrected chi connectivity index (χ4v) is 2.03. The number of guanidine groups is 1. The summed E-state index contributed by atoms with van der Waals surface area (Å²) in [5.41, 5.74) is 5.44. The quantitative estimate of drug-likeness (QED) is 0.297. The van der Waals surface area contributed by atoms with Gasteiger partial charge in [0, 0.05) is 12.6 Å². The first kappa shape index (κ1) is 12.2. The van der Waals surface area contributed by atoms with Crippen LogP contribution in [0.25, 0.3) is 0 Å². The molecule has 2 heterocycles. The molecular weight excluding hydrogens is 226 g/mol. The van der Waals surface area contributed by atoms with Gasteiger partial charge in [0.25, 0.3) is 0 Å². The maximum atomic E-state index is 11.7. The summed E-state index contributed by atoms with van der Waals surface area (Å²) in [7, 11) is 0. The van der Waals surface area contributed by atoms with Gasteiger partial charge in [-0.1, -0.05) is 0 Å². The van der Waals surface area contributed by atoms with Crippen LogP contribution < -0.4 is 21.7 Å². The zero-order valence-corrected chi connectivity index (χ0v) is 9.42. The van der Waals surface area contributed by atoms with Crippen LogP contribution in [0.15, 0.2) is 4.99 Å². The SMILES string of the molecule is C[C@H](O)[C@H](O)[C@H]1CNC2N=C(N)NC(=O)C2N1. The van der Waals surface area contributed by atoms with Crippen LogP contribution in [0.1, 0.15) is 6.92 Å². The minimum absolute atomic E-state index is 0.0834. The molecule has 17 heavy (non-hydrogen) atoms. The van der Waals surface area contributed by atoms with Gasteiger partial charge in [-0.2, -0.15) is 0 Å². The second-order valence-corrected chi connectivity index (χ2v) is 4.34. The molecule has 1 saturated heterocycles. The summed E-state index contributed by atoms with van der Waals surface area (Å²) in [5.74, 6) is -0.211. The molecule has 2 unspecified atom stereocenters. The van der Waals surface area contributed by atoms with Crippen molar-refractivity contribution in [2.75, 3.05) is 6.54 Å². The van der Waals surface area contributed by atoms with Gasteiger partial charge in [-0.15, -0.1) is 0 Å². The third kappa shape index (κ3) is 2.39. The second-order valence-electron chi connectivity index (χ2n) is 4.34. The lowest BCUT2D eigenvalue weighted by atomic mass is 10.00. The van der Waals surface area contributed by atoms with Crippen LogP contribution in [0, 0.1) is 0 Å². The van der Waals surface area contributed by atoms with Crippen LogP contribution in [0.5, 0.6) is 0 Å². The number of nitrogens with two attached hydrogens (primary N) is 1. The highest BCUT2D eigenvalue weighted by Crippen LogP contribution is 2.11. The molecule has 0 aromatic carbocycles.